The topological polar surface area (TPSA) is 57.9 Å². The lowest BCUT2D eigenvalue weighted by Crippen LogP contribution is -2.02. The Kier molecular flexibility index (Phi) is 3.42. The molecule has 1 rings (SSSR count). The number of hydrogen-bond acceptors (Lipinski definition) is 3. The second-order valence-electron chi connectivity index (χ2n) is 2.69. The maximum absolute atomic E-state index is 11.8. The molecule has 0 aromatic heterocycles. The maximum atomic E-state index is 11.8. The van der Waals surface area contributed by atoms with Gasteiger partial charge in [0, 0.05) is 0 Å². The van der Waals surface area contributed by atoms with Gasteiger partial charge in [0.2, 0.25) is 9.84 Å². The molecular formula is C11H9NO2S. The van der Waals surface area contributed by atoms with E-state index in [-0.39, 0.29) is 9.80 Å². The molecule has 0 radical (unpaired) electrons. The summed E-state index contributed by atoms with van der Waals surface area (Å²) in [4.78, 5) is -0.191. The van der Waals surface area contributed by atoms with Gasteiger partial charge in [0.1, 0.15) is 11.0 Å². The fourth-order valence-corrected chi connectivity index (χ4v) is 2.19. The molecular weight excluding hydrogens is 210 g/mol. The van der Waals surface area contributed by atoms with Crippen molar-refractivity contribution >= 4 is 9.84 Å². The zero-order valence-corrected chi connectivity index (χ0v) is 8.74. The van der Waals surface area contributed by atoms with Crippen molar-refractivity contribution in [1.29, 1.82) is 5.26 Å². The lowest BCUT2D eigenvalue weighted by molar-refractivity contribution is 0.603. The molecule has 0 unspecified atom stereocenters. The second-order valence-corrected chi connectivity index (χ2v) is 4.61. The molecule has 1 aromatic rings. The summed E-state index contributed by atoms with van der Waals surface area (Å²) >= 11 is 0. The van der Waals surface area contributed by atoms with E-state index in [4.69, 9.17) is 5.26 Å². The summed E-state index contributed by atoms with van der Waals surface area (Å²) in [6.07, 6.45) is 2.46. The molecule has 0 bridgehead atoms. The van der Waals surface area contributed by atoms with Crippen LogP contribution in [0.3, 0.4) is 0 Å². The van der Waals surface area contributed by atoms with Crippen molar-refractivity contribution in [3.05, 3.63) is 54.0 Å². The molecule has 0 amide bonds. The van der Waals surface area contributed by atoms with Gasteiger partial charge in [0.05, 0.1) is 4.90 Å². The molecule has 4 heteroatoms. The van der Waals surface area contributed by atoms with Crippen molar-refractivity contribution in [3.8, 4) is 6.07 Å². The van der Waals surface area contributed by atoms with E-state index in [0.29, 0.717) is 0 Å². The lowest BCUT2D eigenvalue weighted by atomic mass is 10.4. The van der Waals surface area contributed by atoms with E-state index in [2.05, 4.69) is 6.58 Å². The van der Waals surface area contributed by atoms with E-state index in [1.165, 1.54) is 24.3 Å². The molecule has 1 aromatic carbocycles. The number of nitriles is 1. The quantitative estimate of drug-likeness (QED) is 0.577. The van der Waals surface area contributed by atoms with E-state index in [0.717, 1.165) is 0 Å². The first-order chi connectivity index (χ1) is 7.12. The Bertz CT molecular complexity index is 521. The Morgan fingerprint density at radius 1 is 1.33 bits per heavy atom. The third-order valence-corrected chi connectivity index (χ3v) is 3.42. The van der Waals surface area contributed by atoms with E-state index < -0.39 is 9.84 Å². The molecule has 0 aliphatic rings. The largest absolute Gasteiger partial charge is 0.218 e. The van der Waals surface area contributed by atoms with Crippen LogP contribution in [-0.4, -0.2) is 8.42 Å². The highest BCUT2D eigenvalue weighted by molar-refractivity contribution is 7.95. The minimum Gasteiger partial charge on any atom is -0.218 e. The van der Waals surface area contributed by atoms with Gasteiger partial charge in [0.25, 0.3) is 0 Å². The summed E-state index contributed by atoms with van der Waals surface area (Å²) in [5.74, 6) is 0. The average molecular weight is 219 g/mol. The van der Waals surface area contributed by atoms with Gasteiger partial charge in [-0.05, 0) is 18.2 Å². The monoisotopic (exact) mass is 219 g/mol. The molecule has 0 saturated heterocycles. The van der Waals surface area contributed by atoms with E-state index in [9.17, 15) is 8.42 Å². The second kappa shape index (κ2) is 4.58. The van der Waals surface area contributed by atoms with Crippen molar-refractivity contribution in [2.75, 3.05) is 0 Å². The van der Waals surface area contributed by atoms with Gasteiger partial charge in [-0.25, -0.2) is 8.42 Å². The highest BCUT2D eigenvalue weighted by atomic mass is 32.2. The lowest BCUT2D eigenvalue weighted by Gasteiger charge is -2.00. The van der Waals surface area contributed by atoms with Crippen LogP contribution in [0.25, 0.3) is 0 Å². The van der Waals surface area contributed by atoms with Crippen molar-refractivity contribution in [1.82, 2.24) is 0 Å². The minimum absolute atomic E-state index is 0.111. The summed E-state index contributed by atoms with van der Waals surface area (Å²) in [6.45, 7) is 3.36. The first-order valence-electron chi connectivity index (χ1n) is 4.16. The number of hydrogen-bond donors (Lipinski definition) is 0. The van der Waals surface area contributed by atoms with Crippen LogP contribution in [0.1, 0.15) is 0 Å². The Labute approximate surface area is 88.9 Å². The van der Waals surface area contributed by atoms with Crippen LogP contribution in [0.2, 0.25) is 0 Å². The predicted molar refractivity (Wildman–Crippen MR) is 57.5 cm³/mol. The molecule has 0 atom stereocenters. The van der Waals surface area contributed by atoms with Crippen LogP contribution < -0.4 is 0 Å². The third kappa shape index (κ3) is 2.33. The number of sulfone groups is 1. The summed E-state index contributed by atoms with van der Waals surface area (Å²) < 4.78 is 23.6. The summed E-state index contributed by atoms with van der Waals surface area (Å²) in [5.41, 5.74) is 0. The molecule has 0 spiro atoms. The van der Waals surface area contributed by atoms with Crippen molar-refractivity contribution < 1.29 is 8.42 Å². The van der Waals surface area contributed by atoms with Gasteiger partial charge in [-0.1, -0.05) is 30.9 Å². The van der Waals surface area contributed by atoms with Crippen molar-refractivity contribution in [2.45, 2.75) is 4.90 Å². The van der Waals surface area contributed by atoms with E-state index >= 15 is 0 Å². The first-order valence-corrected chi connectivity index (χ1v) is 5.64. The molecule has 3 nitrogen and oxygen atoms in total. The van der Waals surface area contributed by atoms with E-state index in [1.807, 2.05) is 0 Å². The number of nitrogens with zero attached hydrogens (tertiary/aromatic N) is 1. The number of rotatable bonds is 3. The SMILES string of the molecule is C=CC=C(C#N)S(=O)(=O)c1ccccc1. The van der Waals surface area contributed by atoms with Crippen LogP contribution in [0, 0.1) is 11.3 Å². The molecule has 15 heavy (non-hydrogen) atoms. The van der Waals surface area contributed by atoms with Crippen LogP contribution in [0.15, 0.2) is 58.9 Å². The van der Waals surface area contributed by atoms with E-state index in [1.54, 1.807) is 24.3 Å². The molecule has 0 aliphatic carbocycles. The number of allylic oxidation sites excluding steroid dienone is 3. The summed E-state index contributed by atoms with van der Waals surface area (Å²) in [6, 6.07) is 9.46. The highest BCUT2D eigenvalue weighted by Gasteiger charge is 2.19. The van der Waals surface area contributed by atoms with Gasteiger partial charge in [-0.15, -0.1) is 0 Å². The van der Waals surface area contributed by atoms with Crippen LogP contribution in [0.4, 0.5) is 0 Å². The molecule has 0 saturated carbocycles. The highest BCUT2D eigenvalue weighted by Crippen LogP contribution is 2.17. The van der Waals surface area contributed by atoms with Gasteiger partial charge >= 0.3 is 0 Å². The van der Waals surface area contributed by atoms with Gasteiger partial charge < -0.3 is 0 Å². The van der Waals surface area contributed by atoms with Crippen LogP contribution >= 0.6 is 0 Å². The van der Waals surface area contributed by atoms with Crippen molar-refractivity contribution in [3.63, 3.8) is 0 Å². The smallest absolute Gasteiger partial charge is 0.216 e. The standard InChI is InChI=1S/C11H9NO2S/c1-2-6-11(9-12)15(13,14)10-7-4-3-5-8-10/h2-8H,1H2. The molecule has 0 fully saturated rings. The van der Waals surface area contributed by atoms with Crippen LogP contribution in [-0.2, 0) is 9.84 Å². The zero-order chi connectivity index (χ0) is 11.3. The Hall–Kier alpha value is -1.86. The predicted octanol–water partition coefficient (Wildman–Crippen LogP) is 2.05. The first kappa shape index (κ1) is 11.2. The zero-order valence-electron chi connectivity index (χ0n) is 7.92. The summed E-state index contributed by atoms with van der Waals surface area (Å²) in [7, 11) is -3.68. The Morgan fingerprint density at radius 2 is 1.93 bits per heavy atom. The normalized spacial score (nSPS) is 11.8. The third-order valence-electron chi connectivity index (χ3n) is 1.72. The molecule has 76 valence electrons. The number of benzene rings is 1. The Morgan fingerprint density at radius 3 is 2.40 bits per heavy atom. The van der Waals surface area contributed by atoms with Crippen LogP contribution in [0.5, 0.6) is 0 Å². The molecule has 0 N–H and O–H groups in total. The Balaban J connectivity index is 3.33. The fourth-order valence-electron chi connectivity index (χ4n) is 1.02. The minimum atomic E-state index is -3.68. The van der Waals surface area contributed by atoms with Gasteiger partial charge in [-0.3, -0.25) is 0 Å². The van der Waals surface area contributed by atoms with Crippen molar-refractivity contribution in [2.24, 2.45) is 0 Å². The van der Waals surface area contributed by atoms with Gasteiger partial charge in [-0.2, -0.15) is 5.26 Å². The average Bonchev–Trinajstić information content (AvgIpc) is 2.27. The molecule has 0 heterocycles. The summed E-state index contributed by atoms with van der Waals surface area (Å²) in [5, 5.41) is 8.71. The molecule has 0 aliphatic heterocycles. The maximum Gasteiger partial charge on any atom is 0.216 e. The van der Waals surface area contributed by atoms with Gasteiger partial charge in [0.15, 0.2) is 0 Å². The fraction of sp³-hybridized carbons (Fsp3) is 0.